The number of anilines is 1. The molecular weight excluding hydrogens is 285 g/mol. The summed E-state index contributed by atoms with van der Waals surface area (Å²) in [5, 5.41) is 0. The summed E-state index contributed by atoms with van der Waals surface area (Å²) in [5.74, 6) is -1.05. The number of piperidine rings is 1. The normalized spacial score (nSPS) is 17.5. The summed E-state index contributed by atoms with van der Waals surface area (Å²) in [5.41, 5.74) is 4.26. The smallest absolute Gasteiger partial charge is 0.326 e. The van der Waals surface area contributed by atoms with Gasteiger partial charge >= 0.3 is 6.18 Å². The van der Waals surface area contributed by atoms with Crippen LogP contribution in [-0.4, -0.2) is 11.8 Å². The zero-order chi connectivity index (χ0) is 15.8. The third kappa shape index (κ3) is 3.07. The average molecular weight is 300 g/mol. The molecule has 1 heterocycles. The summed E-state index contributed by atoms with van der Waals surface area (Å²) in [6.07, 6.45) is -4.29. The Labute approximate surface area is 119 Å². The number of amides is 2. The number of nitrogens with two attached hydrogens (primary N) is 1. The molecule has 0 atom stereocenters. The van der Waals surface area contributed by atoms with Gasteiger partial charge in [-0.25, -0.2) is 0 Å². The molecule has 0 bridgehead atoms. The predicted octanol–water partition coefficient (Wildman–Crippen LogP) is 2.45. The van der Waals surface area contributed by atoms with Crippen LogP contribution in [0.4, 0.5) is 18.9 Å². The molecule has 1 aliphatic heterocycles. The monoisotopic (exact) mass is 300 g/mol. The fourth-order valence-corrected chi connectivity index (χ4v) is 2.42. The number of rotatable bonds is 2. The Balaban J connectivity index is 2.45. The van der Waals surface area contributed by atoms with Crippen LogP contribution in [0.15, 0.2) is 18.2 Å². The zero-order valence-electron chi connectivity index (χ0n) is 11.4. The van der Waals surface area contributed by atoms with Gasteiger partial charge in [-0.1, -0.05) is 13.0 Å². The van der Waals surface area contributed by atoms with E-state index in [-0.39, 0.29) is 36.6 Å². The molecule has 0 spiro atoms. The van der Waals surface area contributed by atoms with E-state index in [1.807, 2.05) is 0 Å². The first-order chi connectivity index (χ1) is 9.74. The second kappa shape index (κ2) is 5.48. The van der Waals surface area contributed by atoms with E-state index in [0.717, 1.165) is 11.0 Å². The van der Waals surface area contributed by atoms with Crippen molar-refractivity contribution in [1.82, 2.24) is 0 Å². The number of imide groups is 1. The highest BCUT2D eigenvalue weighted by molar-refractivity contribution is 6.16. The molecule has 21 heavy (non-hydrogen) atoms. The molecule has 1 fully saturated rings. The Morgan fingerprint density at radius 1 is 1.24 bits per heavy atom. The second-order valence-corrected chi connectivity index (χ2v) is 5.18. The molecule has 7 heteroatoms. The van der Waals surface area contributed by atoms with Gasteiger partial charge in [-0.05, 0) is 23.6 Å². The zero-order valence-corrected chi connectivity index (χ0v) is 11.4. The number of carbonyl (C=O) groups excluding carboxylic acids is 2. The van der Waals surface area contributed by atoms with E-state index in [0.29, 0.717) is 0 Å². The Kier molecular flexibility index (Phi) is 4.04. The van der Waals surface area contributed by atoms with Crippen molar-refractivity contribution in [2.75, 3.05) is 4.90 Å². The summed E-state index contributed by atoms with van der Waals surface area (Å²) in [7, 11) is 0. The summed E-state index contributed by atoms with van der Waals surface area (Å²) in [6, 6.07) is 3.34. The van der Waals surface area contributed by atoms with Crippen molar-refractivity contribution in [3.05, 3.63) is 29.3 Å². The van der Waals surface area contributed by atoms with Crippen molar-refractivity contribution in [1.29, 1.82) is 0 Å². The largest absolute Gasteiger partial charge is 0.416 e. The summed E-state index contributed by atoms with van der Waals surface area (Å²) >= 11 is 0. The minimum absolute atomic E-state index is 0.0542. The van der Waals surface area contributed by atoms with E-state index in [4.69, 9.17) is 5.73 Å². The summed E-state index contributed by atoms with van der Waals surface area (Å²) < 4.78 is 39.0. The van der Waals surface area contributed by atoms with Gasteiger partial charge in [-0.3, -0.25) is 14.5 Å². The molecule has 0 saturated carbocycles. The van der Waals surface area contributed by atoms with Gasteiger partial charge in [0, 0.05) is 19.4 Å². The number of nitrogens with zero attached hydrogens (tertiary/aromatic N) is 1. The Hall–Kier alpha value is -1.89. The maximum atomic E-state index is 13.0. The highest BCUT2D eigenvalue weighted by atomic mass is 19.4. The van der Waals surface area contributed by atoms with Crippen molar-refractivity contribution in [3.8, 4) is 0 Å². The molecule has 0 unspecified atom stereocenters. The van der Waals surface area contributed by atoms with Gasteiger partial charge in [0.2, 0.25) is 11.8 Å². The first kappa shape index (κ1) is 15.5. The Morgan fingerprint density at radius 2 is 1.81 bits per heavy atom. The van der Waals surface area contributed by atoms with Gasteiger partial charge < -0.3 is 5.73 Å². The van der Waals surface area contributed by atoms with E-state index in [1.165, 1.54) is 12.1 Å². The lowest BCUT2D eigenvalue weighted by atomic mass is 9.96. The quantitative estimate of drug-likeness (QED) is 0.853. The van der Waals surface area contributed by atoms with E-state index < -0.39 is 23.6 Å². The fourth-order valence-electron chi connectivity index (χ4n) is 2.42. The molecule has 1 aliphatic rings. The topological polar surface area (TPSA) is 63.4 Å². The van der Waals surface area contributed by atoms with Crippen molar-refractivity contribution in [2.24, 2.45) is 11.7 Å². The fraction of sp³-hybridized carbons (Fsp3) is 0.429. The molecule has 0 radical (unpaired) electrons. The number of carbonyl (C=O) groups is 2. The summed E-state index contributed by atoms with van der Waals surface area (Å²) in [4.78, 5) is 24.7. The second-order valence-electron chi connectivity index (χ2n) is 5.18. The van der Waals surface area contributed by atoms with E-state index in [9.17, 15) is 22.8 Å². The van der Waals surface area contributed by atoms with Crippen molar-refractivity contribution in [2.45, 2.75) is 32.5 Å². The van der Waals surface area contributed by atoms with Gasteiger partial charge in [0.25, 0.3) is 0 Å². The van der Waals surface area contributed by atoms with E-state index >= 15 is 0 Å². The number of halogens is 3. The Morgan fingerprint density at radius 3 is 2.29 bits per heavy atom. The molecule has 1 aromatic carbocycles. The molecule has 114 valence electrons. The molecule has 4 nitrogen and oxygen atoms in total. The average Bonchev–Trinajstić information content (AvgIpc) is 2.36. The van der Waals surface area contributed by atoms with Gasteiger partial charge in [0.15, 0.2) is 0 Å². The maximum Gasteiger partial charge on any atom is 0.416 e. The van der Waals surface area contributed by atoms with Gasteiger partial charge in [0.05, 0.1) is 11.3 Å². The van der Waals surface area contributed by atoms with Crippen LogP contribution in [-0.2, 0) is 22.3 Å². The van der Waals surface area contributed by atoms with Crippen molar-refractivity contribution in [3.63, 3.8) is 0 Å². The highest BCUT2D eigenvalue weighted by Crippen LogP contribution is 2.35. The van der Waals surface area contributed by atoms with Crippen LogP contribution >= 0.6 is 0 Å². The first-order valence-electron chi connectivity index (χ1n) is 6.50. The number of alkyl halides is 3. The van der Waals surface area contributed by atoms with E-state index in [2.05, 4.69) is 0 Å². The van der Waals surface area contributed by atoms with Gasteiger partial charge in [-0.2, -0.15) is 13.2 Å². The molecule has 0 aromatic heterocycles. The lowest BCUT2D eigenvalue weighted by molar-refractivity contribution is -0.138. The highest BCUT2D eigenvalue weighted by Gasteiger charge is 2.36. The minimum Gasteiger partial charge on any atom is -0.326 e. The number of hydrogen-bond acceptors (Lipinski definition) is 3. The molecule has 0 aliphatic carbocycles. The van der Waals surface area contributed by atoms with Crippen LogP contribution < -0.4 is 10.6 Å². The SMILES string of the molecule is CC1CC(=O)N(c2ccc(CN)c(C(F)(F)F)c2)C(=O)C1. The lowest BCUT2D eigenvalue weighted by Gasteiger charge is -2.29. The van der Waals surface area contributed by atoms with Crippen LogP contribution in [0.3, 0.4) is 0 Å². The molecule has 1 saturated heterocycles. The first-order valence-corrected chi connectivity index (χ1v) is 6.50. The Bertz CT molecular complexity index is 566. The molecule has 2 amide bonds. The predicted molar refractivity (Wildman–Crippen MR) is 70.2 cm³/mol. The number of benzene rings is 1. The molecular formula is C14H15F3N2O2. The summed E-state index contributed by atoms with van der Waals surface area (Å²) in [6.45, 7) is 1.49. The molecule has 2 rings (SSSR count). The van der Waals surface area contributed by atoms with Crippen LogP contribution in [0, 0.1) is 5.92 Å². The third-order valence-corrected chi connectivity index (χ3v) is 3.42. The maximum absolute atomic E-state index is 13.0. The van der Waals surface area contributed by atoms with Crippen LogP contribution in [0.25, 0.3) is 0 Å². The number of hydrogen-bond donors (Lipinski definition) is 1. The lowest BCUT2D eigenvalue weighted by Crippen LogP contribution is -2.43. The van der Waals surface area contributed by atoms with Gasteiger partial charge in [-0.15, -0.1) is 0 Å². The standard InChI is InChI=1S/C14H15F3N2O2/c1-8-4-12(20)19(13(21)5-8)10-3-2-9(7-18)11(6-10)14(15,16)17/h2-3,6,8H,4-5,7,18H2,1H3. The van der Waals surface area contributed by atoms with E-state index in [1.54, 1.807) is 6.92 Å². The van der Waals surface area contributed by atoms with Gasteiger partial charge in [0.1, 0.15) is 0 Å². The van der Waals surface area contributed by atoms with Crippen molar-refractivity contribution < 1.29 is 22.8 Å². The van der Waals surface area contributed by atoms with Crippen LogP contribution in [0.1, 0.15) is 30.9 Å². The van der Waals surface area contributed by atoms with Crippen molar-refractivity contribution >= 4 is 17.5 Å². The third-order valence-electron chi connectivity index (χ3n) is 3.42. The molecule has 1 aromatic rings. The minimum atomic E-state index is -4.58. The molecule has 2 N–H and O–H groups in total. The van der Waals surface area contributed by atoms with Crippen LogP contribution in [0.2, 0.25) is 0 Å². The van der Waals surface area contributed by atoms with Crippen LogP contribution in [0.5, 0.6) is 0 Å².